The molecule has 4 heteroatoms. The van der Waals surface area contributed by atoms with Crippen LogP contribution in [-0.2, 0) is 16.0 Å². The minimum Gasteiger partial charge on any atom is -0.378 e. The van der Waals surface area contributed by atoms with Crippen LogP contribution in [0.1, 0.15) is 12.5 Å². The molecular weight excluding hydrogens is 252 g/mol. The molecule has 1 aromatic carbocycles. The van der Waals surface area contributed by atoms with Crippen molar-refractivity contribution in [3.05, 3.63) is 29.8 Å². The molecule has 0 bridgehead atoms. The van der Waals surface area contributed by atoms with Crippen LogP contribution < -0.4 is 4.90 Å². The van der Waals surface area contributed by atoms with Crippen molar-refractivity contribution >= 4 is 11.5 Å². The van der Waals surface area contributed by atoms with E-state index in [9.17, 15) is 4.79 Å². The quantitative estimate of drug-likeness (QED) is 0.817. The van der Waals surface area contributed by atoms with E-state index in [1.165, 1.54) is 11.3 Å². The second-order valence-electron chi connectivity index (χ2n) is 5.56. The van der Waals surface area contributed by atoms with Gasteiger partial charge in [0.15, 0.2) is 0 Å². The topological polar surface area (TPSA) is 32.8 Å². The summed E-state index contributed by atoms with van der Waals surface area (Å²) in [7, 11) is 3.91. The number of hydrogen-bond donors (Lipinski definition) is 0. The van der Waals surface area contributed by atoms with E-state index in [2.05, 4.69) is 29.2 Å². The van der Waals surface area contributed by atoms with Crippen LogP contribution in [0.3, 0.4) is 0 Å². The molecule has 0 aliphatic carbocycles. The molecule has 0 aromatic heterocycles. The van der Waals surface area contributed by atoms with Gasteiger partial charge in [0.2, 0.25) is 0 Å². The number of carbonyl (C=O) groups is 1. The third-order valence-corrected chi connectivity index (χ3v) is 3.83. The Bertz CT molecular complexity index is 436. The number of anilines is 1. The summed E-state index contributed by atoms with van der Waals surface area (Å²) < 4.78 is 5.37. The lowest BCUT2D eigenvalue weighted by Gasteiger charge is -2.29. The first-order chi connectivity index (χ1) is 9.58. The standard InChI is InChI=1S/C16H24N2O2/c1-13(19)16(17(2)3)12-14-4-6-15(7-5-14)18-8-10-20-11-9-18/h4-7,16H,8-12H2,1-3H3. The van der Waals surface area contributed by atoms with E-state index in [1.54, 1.807) is 6.92 Å². The number of morpholine rings is 1. The number of rotatable bonds is 5. The third kappa shape index (κ3) is 3.81. The average molecular weight is 276 g/mol. The maximum atomic E-state index is 11.6. The van der Waals surface area contributed by atoms with Crippen molar-refractivity contribution in [2.75, 3.05) is 45.3 Å². The van der Waals surface area contributed by atoms with E-state index < -0.39 is 0 Å². The Morgan fingerprint density at radius 2 is 1.85 bits per heavy atom. The van der Waals surface area contributed by atoms with Crippen LogP contribution in [0.2, 0.25) is 0 Å². The Hall–Kier alpha value is -1.39. The summed E-state index contributed by atoms with van der Waals surface area (Å²) in [5, 5.41) is 0. The summed E-state index contributed by atoms with van der Waals surface area (Å²) in [4.78, 5) is 16.0. The zero-order valence-corrected chi connectivity index (χ0v) is 12.6. The van der Waals surface area contributed by atoms with E-state index in [0.29, 0.717) is 0 Å². The van der Waals surface area contributed by atoms with Crippen LogP contribution in [0, 0.1) is 0 Å². The third-order valence-electron chi connectivity index (χ3n) is 3.83. The van der Waals surface area contributed by atoms with E-state index >= 15 is 0 Å². The SMILES string of the molecule is CC(=O)C(Cc1ccc(N2CCOCC2)cc1)N(C)C. The van der Waals surface area contributed by atoms with E-state index in [0.717, 1.165) is 32.7 Å². The molecule has 1 aromatic rings. The number of likely N-dealkylation sites (N-methyl/N-ethyl adjacent to an activating group) is 1. The lowest BCUT2D eigenvalue weighted by Crippen LogP contribution is -2.36. The van der Waals surface area contributed by atoms with Crippen molar-refractivity contribution < 1.29 is 9.53 Å². The molecule has 0 saturated carbocycles. The zero-order valence-electron chi connectivity index (χ0n) is 12.6. The molecule has 1 heterocycles. The van der Waals surface area contributed by atoms with Crippen LogP contribution in [-0.4, -0.2) is 57.1 Å². The van der Waals surface area contributed by atoms with Gasteiger partial charge in [0.05, 0.1) is 19.3 Å². The Balaban J connectivity index is 2.02. The minimum atomic E-state index is -0.0377. The van der Waals surface area contributed by atoms with Gasteiger partial charge in [0, 0.05) is 18.8 Å². The van der Waals surface area contributed by atoms with Crippen LogP contribution in [0.4, 0.5) is 5.69 Å². The highest BCUT2D eigenvalue weighted by Crippen LogP contribution is 2.18. The van der Waals surface area contributed by atoms with Gasteiger partial charge in [-0.1, -0.05) is 12.1 Å². The Kier molecular flexibility index (Phi) is 5.15. The number of benzene rings is 1. The molecule has 1 unspecified atom stereocenters. The first-order valence-corrected chi connectivity index (χ1v) is 7.16. The van der Waals surface area contributed by atoms with Crippen LogP contribution in [0.15, 0.2) is 24.3 Å². The van der Waals surface area contributed by atoms with Gasteiger partial charge in [-0.05, 0) is 45.1 Å². The van der Waals surface area contributed by atoms with Crippen LogP contribution in [0.5, 0.6) is 0 Å². The molecular formula is C16H24N2O2. The molecule has 20 heavy (non-hydrogen) atoms. The van der Waals surface area contributed by atoms with Gasteiger partial charge < -0.3 is 9.64 Å². The number of nitrogens with zero attached hydrogens (tertiary/aromatic N) is 2. The first-order valence-electron chi connectivity index (χ1n) is 7.16. The molecule has 4 nitrogen and oxygen atoms in total. The second-order valence-corrected chi connectivity index (χ2v) is 5.56. The van der Waals surface area contributed by atoms with E-state index in [-0.39, 0.29) is 11.8 Å². The van der Waals surface area contributed by atoms with Gasteiger partial charge in [-0.15, -0.1) is 0 Å². The summed E-state index contributed by atoms with van der Waals surface area (Å²) >= 11 is 0. The predicted molar refractivity (Wildman–Crippen MR) is 81.3 cm³/mol. The first kappa shape index (κ1) is 15.0. The number of ether oxygens (including phenoxy) is 1. The summed E-state index contributed by atoms with van der Waals surface area (Å²) in [6.45, 7) is 5.16. The number of Topliss-reactive ketones (excluding diaryl/α,β-unsaturated/α-hetero) is 1. The fourth-order valence-corrected chi connectivity index (χ4v) is 2.58. The van der Waals surface area contributed by atoms with Gasteiger partial charge in [-0.3, -0.25) is 9.69 Å². The molecule has 1 atom stereocenters. The predicted octanol–water partition coefficient (Wildman–Crippen LogP) is 1.58. The molecule has 1 fully saturated rings. The van der Waals surface area contributed by atoms with Gasteiger partial charge in [0.25, 0.3) is 0 Å². The molecule has 0 spiro atoms. The zero-order chi connectivity index (χ0) is 14.5. The Morgan fingerprint density at radius 1 is 1.25 bits per heavy atom. The number of ketones is 1. The number of carbonyl (C=O) groups excluding carboxylic acids is 1. The fraction of sp³-hybridized carbons (Fsp3) is 0.562. The number of hydrogen-bond acceptors (Lipinski definition) is 4. The highest BCUT2D eigenvalue weighted by Gasteiger charge is 2.17. The van der Waals surface area contributed by atoms with Crippen molar-refractivity contribution in [1.29, 1.82) is 0 Å². The molecule has 0 radical (unpaired) electrons. The lowest BCUT2D eigenvalue weighted by molar-refractivity contribution is -0.121. The van der Waals surface area contributed by atoms with Crippen molar-refractivity contribution in [3.8, 4) is 0 Å². The Morgan fingerprint density at radius 3 is 2.35 bits per heavy atom. The molecule has 1 aliphatic rings. The summed E-state index contributed by atoms with van der Waals surface area (Å²) in [6.07, 6.45) is 0.770. The van der Waals surface area contributed by atoms with Crippen molar-refractivity contribution in [2.24, 2.45) is 0 Å². The van der Waals surface area contributed by atoms with Crippen molar-refractivity contribution in [3.63, 3.8) is 0 Å². The summed E-state index contributed by atoms with van der Waals surface area (Å²) in [5.41, 5.74) is 2.44. The molecule has 0 amide bonds. The fourth-order valence-electron chi connectivity index (χ4n) is 2.58. The van der Waals surface area contributed by atoms with Crippen molar-refractivity contribution in [1.82, 2.24) is 4.90 Å². The highest BCUT2D eigenvalue weighted by atomic mass is 16.5. The van der Waals surface area contributed by atoms with Gasteiger partial charge in [-0.2, -0.15) is 0 Å². The Labute approximate surface area is 121 Å². The van der Waals surface area contributed by atoms with Crippen LogP contribution >= 0.6 is 0 Å². The summed E-state index contributed by atoms with van der Waals surface area (Å²) in [5.74, 6) is 0.215. The van der Waals surface area contributed by atoms with Crippen LogP contribution in [0.25, 0.3) is 0 Å². The second kappa shape index (κ2) is 6.86. The average Bonchev–Trinajstić information content (AvgIpc) is 2.45. The van der Waals surface area contributed by atoms with Gasteiger partial charge in [-0.25, -0.2) is 0 Å². The molecule has 2 rings (SSSR count). The minimum absolute atomic E-state index is 0.0377. The largest absolute Gasteiger partial charge is 0.378 e. The summed E-state index contributed by atoms with van der Waals surface area (Å²) in [6, 6.07) is 8.51. The van der Waals surface area contributed by atoms with Crippen molar-refractivity contribution in [2.45, 2.75) is 19.4 Å². The smallest absolute Gasteiger partial charge is 0.147 e. The molecule has 1 saturated heterocycles. The van der Waals surface area contributed by atoms with Gasteiger partial charge >= 0.3 is 0 Å². The highest BCUT2D eigenvalue weighted by molar-refractivity contribution is 5.81. The lowest BCUT2D eigenvalue weighted by atomic mass is 10.0. The molecule has 0 N–H and O–H groups in total. The molecule has 1 aliphatic heterocycles. The van der Waals surface area contributed by atoms with E-state index in [4.69, 9.17) is 4.74 Å². The maximum Gasteiger partial charge on any atom is 0.147 e. The maximum absolute atomic E-state index is 11.6. The normalized spacial score (nSPS) is 17.3. The molecule has 110 valence electrons. The van der Waals surface area contributed by atoms with Gasteiger partial charge in [0.1, 0.15) is 5.78 Å². The monoisotopic (exact) mass is 276 g/mol. The van der Waals surface area contributed by atoms with E-state index in [1.807, 2.05) is 19.0 Å².